The summed E-state index contributed by atoms with van der Waals surface area (Å²) in [5.41, 5.74) is 6.55. The number of nitrogens with one attached hydrogen (secondary N) is 1. The van der Waals surface area contributed by atoms with E-state index in [1.54, 1.807) is 24.3 Å². The van der Waals surface area contributed by atoms with Crippen molar-refractivity contribution in [3.05, 3.63) is 35.4 Å². The van der Waals surface area contributed by atoms with E-state index in [2.05, 4.69) is 5.32 Å². The van der Waals surface area contributed by atoms with Crippen molar-refractivity contribution in [2.24, 2.45) is 5.73 Å². The van der Waals surface area contributed by atoms with Gasteiger partial charge in [0.15, 0.2) is 0 Å². The molecule has 1 aliphatic rings. The van der Waals surface area contributed by atoms with Gasteiger partial charge in [-0.15, -0.1) is 12.4 Å². The van der Waals surface area contributed by atoms with E-state index < -0.39 is 0 Å². The van der Waals surface area contributed by atoms with Gasteiger partial charge in [0, 0.05) is 25.6 Å². The number of nitrogens with two attached hydrogens (primary N) is 1. The predicted octanol–water partition coefficient (Wildman–Crippen LogP) is 1.73. The highest BCUT2D eigenvalue weighted by Gasteiger charge is 2.34. The third kappa shape index (κ3) is 5.04. The normalized spacial score (nSPS) is 14.2. The number of nitrogens with zero attached hydrogens (tertiary/aromatic N) is 1. The van der Waals surface area contributed by atoms with Crippen LogP contribution in [0.1, 0.15) is 53.3 Å². The molecule has 3 amide bonds. The molecule has 1 aliphatic heterocycles. The zero-order valence-electron chi connectivity index (χ0n) is 13.8. The SMILES string of the molecule is CC(N)CCC(=O)NCCCCN1C(=O)c2ccccc2C1=O.Cl. The number of rotatable bonds is 8. The van der Waals surface area contributed by atoms with Crippen LogP contribution in [0.4, 0.5) is 0 Å². The lowest BCUT2D eigenvalue weighted by atomic mass is 10.1. The molecule has 24 heavy (non-hydrogen) atoms. The number of imide groups is 1. The van der Waals surface area contributed by atoms with Crippen LogP contribution in [0.15, 0.2) is 24.3 Å². The minimum Gasteiger partial charge on any atom is -0.356 e. The molecule has 0 radical (unpaired) electrons. The number of benzene rings is 1. The molecular weight excluding hydrogens is 330 g/mol. The third-order valence-corrected chi connectivity index (χ3v) is 3.84. The van der Waals surface area contributed by atoms with Crippen molar-refractivity contribution in [3.8, 4) is 0 Å². The van der Waals surface area contributed by atoms with Gasteiger partial charge in [-0.1, -0.05) is 12.1 Å². The maximum absolute atomic E-state index is 12.2. The second-order valence-electron chi connectivity index (χ2n) is 5.88. The second-order valence-corrected chi connectivity index (χ2v) is 5.88. The Kier molecular flexibility index (Phi) is 7.88. The average molecular weight is 354 g/mol. The van der Waals surface area contributed by atoms with Crippen molar-refractivity contribution in [1.82, 2.24) is 10.2 Å². The van der Waals surface area contributed by atoms with Crippen molar-refractivity contribution in [3.63, 3.8) is 0 Å². The van der Waals surface area contributed by atoms with Gasteiger partial charge in [-0.3, -0.25) is 19.3 Å². The molecule has 1 heterocycles. The first-order chi connectivity index (χ1) is 11.0. The van der Waals surface area contributed by atoms with Gasteiger partial charge in [-0.05, 0) is 38.3 Å². The molecule has 1 aromatic rings. The monoisotopic (exact) mass is 353 g/mol. The lowest BCUT2D eigenvalue weighted by Crippen LogP contribution is -2.31. The van der Waals surface area contributed by atoms with Crippen LogP contribution in [-0.4, -0.2) is 41.8 Å². The summed E-state index contributed by atoms with van der Waals surface area (Å²) in [5.74, 6) is -0.471. The molecule has 0 spiro atoms. The number of fused-ring (bicyclic) bond motifs is 1. The van der Waals surface area contributed by atoms with Crippen molar-refractivity contribution in [1.29, 1.82) is 0 Å². The van der Waals surface area contributed by atoms with Crippen molar-refractivity contribution < 1.29 is 14.4 Å². The molecule has 7 heteroatoms. The summed E-state index contributed by atoms with van der Waals surface area (Å²) >= 11 is 0. The molecule has 0 aromatic heterocycles. The Morgan fingerprint density at radius 3 is 2.29 bits per heavy atom. The van der Waals surface area contributed by atoms with Crippen LogP contribution in [0.2, 0.25) is 0 Å². The van der Waals surface area contributed by atoms with E-state index in [1.807, 2.05) is 6.92 Å². The number of hydrogen-bond donors (Lipinski definition) is 2. The molecule has 0 bridgehead atoms. The van der Waals surface area contributed by atoms with Crippen molar-refractivity contribution in [2.75, 3.05) is 13.1 Å². The summed E-state index contributed by atoms with van der Waals surface area (Å²) in [7, 11) is 0. The molecule has 1 atom stereocenters. The number of amides is 3. The minimum atomic E-state index is -0.230. The molecule has 0 saturated carbocycles. The summed E-state index contributed by atoms with van der Waals surface area (Å²) in [5, 5.41) is 2.82. The van der Waals surface area contributed by atoms with E-state index in [0.717, 1.165) is 6.42 Å². The molecule has 1 unspecified atom stereocenters. The Hall–Kier alpha value is -1.92. The van der Waals surface area contributed by atoms with Gasteiger partial charge < -0.3 is 11.1 Å². The van der Waals surface area contributed by atoms with E-state index in [-0.39, 0.29) is 36.2 Å². The summed E-state index contributed by atoms with van der Waals surface area (Å²) in [4.78, 5) is 37.1. The van der Waals surface area contributed by atoms with Crippen LogP contribution >= 0.6 is 12.4 Å². The highest BCUT2D eigenvalue weighted by molar-refractivity contribution is 6.21. The summed E-state index contributed by atoms with van der Waals surface area (Å²) in [6.07, 6.45) is 2.48. The first-order valence-electron chi connectivity index (χ1n) is 7.98. The molecule has 0 saturated heterocycles. The van der Waals surface area contributed by atoms with Crippen molar-refractivity contribution >= 4 is 30.1 Å². The largest absolute Gasteiger partial charge is 0.356 e. The first-order valence-corrected chi connectivity index (χ1v) is 7.98. The summed E-state index contributed by atoms with van der Waals surface area (Å²) < 4.78 is 0. The van der Waals surface area contributed by atoms with Crippen LogP contribution in [0, 0.1) is 0 Å². The van der Waals surface area contributed by atoms with Crippen LogP contribution in [-0.2, 0) is 4.79 Å². The number of carbonyl (C=O) groups excluding carboxylic acids is 3. The Labute approximate surface area is 148 Å². The quantitative estimate of drug-likeness (QED) is 0.550. The predicted molar refractivity (Wildman–Crippen MR) is 94.2 cm³/mol. The van der Waals surface area contributed by atoms with Crippen LogP contribution in [0.3, 0.4) is 0 Å². The van der Waals surface area contributed by atoms with Crippen LogP contribution in [0.25, 0.3) is 0 Å². The molecule has 3 N–H and O–H groups in total. The Bertz CT molecular complexity index is 569. The Morgan fingerprint density at radius 2 is 1.75 bits per heavy atom. The van der Waals surface area contributed by atoms with E-state index in [0.29, 0.717) is 43.5 Å². The smallest absolute Gasteiger partial charge is 0.261 e. The first kappa shape index (κ1) is 20.1. The molecule has 1 aromatic carbocycles. The van der Waals surface area contributed by atoms with E-state index in [1.165, 1.54) is 4.90 Å². The standard InChI is InChI=1S/C17H23N3O3.ClH/c1-12(18)8-9-15(21)19-10-4-5-11-20-16(22)13-6-2-3-7-14(13)17(20)23;/h2-3,6-7,12H,4-5,8-11,18H2,1H3,(H,19,21);1H. The number of carbonyl (C=O) groups is 3. The second kappa shape index (κ2) is 9.39. The fourth-order valence-corrected chi connectivity index (χ4v) is 2.51. The van der Waals surface area contributed by atoms with Gasteiger partial charge in [0.05, 0.1) is 11.1 Å². The highest BCUT2D eigenvalue weighted by Crippen LogP contribution is 2.22. The Balaban J connectivity index is 0.00000288. The summed E-state index contributed by atoms with van der Waals surface area (Å²) in [6, 6.07) is 6.88. The molecule has 6 nitrogen and oxygen atoms in total. The molecule has 0 fully saturated rings. The zero-order valence-corrected chi connectivity index (χ0v) is 14.6. The average Bonchev–Trinajstić information content (AvgIpc) is 2.77. The topological polar surface area (TPSA) is 92.5 Å². The maximum Gasteiger partial charge on any atom is 0.261 e. The van der Waals surface area contributed by atoms with Gasteiger partial charge in [-0.25, -0.2) is 0 Å². The van der Waals surface area contributed by atoms with Gasteiger partial charge in [0.2, 0.25) is 5.91 Å². The molecule has 0 aliphatic carbocycles. The van der Waals surface area contributed by atoms with Crippen molar-refractivity contribution in [2.45, 2.75) is 38.6 Å². The summed E-state index contributed by atoms with van der Waals surface area (Å²) in [6.45, 7) is 2.79. The van der Waals surface area contributed by atoms with Gasteiger partial charge in [0.1, 0.15) is 0 Å². The number of halogens is 1. The number of unbranched alkanes of at least 4 members (excludes halogenated alkanes) is 1. The van der Waals surface area contributed by atoms with Crippen LogP contribution < -0.4 is 11.1 Å². The zero-order chi connectivity index (χ0) is 16.8. The van der Waals surface area contributed by atoms with Crippen LogP contribution in [0.5, 0.6) is 0 Å². The Morgan fingerprint density at radius 1 is 1.17 bits per heavy atom. The molecular formula is C17H24ClN3O3. The maximum atomic E-state index is 12.2. The van der Waals surface area contributed by atoms with E-state index >= 15 is 0 Å². The fourth-order valence-electron chi connectivity index (χ4n) is 2.51. The highest BCUT2D eigenvalue weighted by atomic mass is 35.5. The van der Waals surface area contributed by atoms with Gasteiger partial charge in [-0.2, -0.15) is 0 Å². The molecule has 2 rings (SSSR count). The van der Waals surface area contributed by atoms with E-state index in [4.69, 9.17) is 5.73 Å². The molecule has 132 valence electrons. The fraction of sp³-hybridized carbons (Fsp3) is 0.471. The minimum absolute atomic E-state index is 0. The van der Waals surface area contributed by atoms with E-state index in [9.17, 15) is 14.4 Å². The lowest BCUT2D eigenvalue weighted by Gasteiger charge is -2.13. The van der Waals surface area contributed by atoms with Gasteiger partial charge >= 0.3 is 0 Å². The number of hydrogen-bond acceptors (Lipinski definition) is 4. The third-order valence-electron chi connectivity index (χ3n) is 3.84. The lowest BCUT2D eigenvalue weighted by molar-refractivity contribution is -0.121. The van der Waals surface area contributed by atoms with Gasteiger partial charge in [0.25, 0.3) is 11.8 Å².